The molecule has 19 heavy (non-hydrogen) atoms. The molecule has 0 aliphatic carbocycles. The van der Waals surface area contributed by atoms with Gasteiger partial charge < -0.3 is 16.2 Å². The largest absolute Gasteiger partial charge is 0.481 e. The third-order valence-electron chi connectivity index (χ3n) is 2.70. The van der Waals surface area contributed by atoms with Gasteiger partial charge in [-0.3, -0.25) is 9.59 Å². The van der Waals surface area contributed by atoms with E-state index in [-0.39, 0.29) is 6.42 Å². The Labute approximate surface area is 112 Å². The SMILES string of the molecule is Cc1cc(C)c(C(N)=O)c(NCCCCC(=O)O)n1. The van der Waals surface area contributed by atoms with Crippen LogP contribution in [0.1, 0.15) is 40.9 Å². The first-order valence-corrected chi connectivity index (χ1v) is 6.15. The predicted molar refractivity (Wildman–Crippen MR) is 72.2 cm³/mol. The number of carboxylic acid groups (broad SMARTS) is 1. The fourth-order valence-electron chi connectivity index (χ4n) is 1.88. The summed E-state index contributed by atoms with van der Waals surface area (Å²) in [6.07, 6.45) is 1.42. The fraction of sp³-hybridized carbons (Fsp3) is 0.462. The molecule has 0 saturated heterocycles. The molecule has 0 saturated carbocycles. The number of amides is 1. The lowest BCUT2D eigenvalue weighted by Crippen LogP contribution is -2.18. The van der Waals surface area contributed by atoms with Crippen LogP contribution in [0.5, 0.6) is 0 Å². The number of aliphatic carboxylic acids is 1. The number of hydrogen-bond donors (Lipinski definition) is 3. The number of nitrogens with zero attached hydrogens (tertiary/aromatic N) is 1. The Morgan fingerprint density at radius 1 is 1.37 bits per heavy atom. The Hall–Kier alpha value is -2.11. The molecular weight excluding hydrogens is 246 g/mol. The van der Waals surface area contributed by atoms with Gasteiger partial charge in [0.1, 0.15) is 5.82 Å². The van der Waals surface area contributed by atoms with Gasteiger partial charge in [-0.25, -0.2) is 4.98 Å². The maximum absolute atomic E-state index is 11.4. The smallest absolute Gasteiger partial charge is 0.303 e. The highest BCUT2D eigenvalue weighted by atomic mass is 16.4. The Kier molecular flexibility index (Phi) is 5.29. The van der Waals surface area contributed by atoms with E-state index in [2.05, 4.69) is 10.3 Å². The molecule has 1 rings (SSSR count). The second-order valence-electron chi connectivity index (χ2n) is 4.45. The van der Waals surface area contributed by atoms with Crippen LogP contribution in [0, 0.1) is 13.8 Å². The monoisotopic (exact) mass is 265 g/mol. The summed E-state index contributed by atoms with van der Waals surface area (Å²) in [5, 5.41) is 11.6. The second kappa shape index (κ2) is 6.72. The van der Waals surface area contributed by atoms with Crippen molar-refractivity contribution in [3.05, 3.63) is 22.9 Å². The van der Waals surface area contributed by atoms with Crippen LogP contribution in [0.25, 0.3) is 0 Å². The van der Waals surface area contributed by atoms with Crippen LogP contribution < -0.4 is 11.1 Å². The number of anilines is 1. The lowest BCUT2D eigenvalue weighted by atomic mass is 10.1. The van der Waals surface area contributed by atoms with Crippen molar-refractivity contribution in [3.63, 3.8) is 0 Å². The van der Waals surface area contributed by atoms with E-state index in [1.165, 1.54) is 0 Å². The number of carbonyl (C=O) groups excluding carboxylic acids is 1. The highest BCUT2D eigenvalue weighted by molar-refractivity contribution is 5.99. The van der Waals surface area contributed by atoms with E-state index in [4.69, 9.17) is 10.8 Å². The van der Waals surface area contributed by atoms with Crippen molar-refractivity contribution >= 4 is 17.7 Å². The van der Waals surface area contributed by atoms with E-state index in [0.717, 1.165) is 11.3 Å². The lowest BCUT2D eigenvalue weighted by molar-refractivity contribution is -0.137. The van der Waals surface area contributed by atoms with E-state index in [9.17, 15) is 9.59 Å². The van der Waals surface area contributed by atoms with Gasteiger partial charge in [-0.05, 0) is 38.3 Å². The number of carboxylic acids is 1. The van der Waals surface area contributed by atoms with E-state index in [0.29, 0.717) is 30.8 Å². The summed E-state index contributed by atoms with van der Waals surface area (Å²) in [5.74, 6) is -0.847. The first kappa shape index (κ1) is 14.9. The normalized spacial score (nSPS) is 10.2. The number of primary amides is 1. The van der Waals surface area contributed by atoms with Crippen LogP contribution in [0.2, 0.25) is 0 Å². The van der Waals surface area contributed by atoms with Gasteiger partial charge in [-0.2, -0.15) is 0 Å². The van der Waals surface area contributed by atoms with Crippen LogP contribution in [0.3, 0.4) is 0 Å². The van der Waals surface area contributed by atoms with Gasteiger partial charge in [-0.1, -0.05) is 0 Å². The zero-order valence-electron chi connectivity index (χ0n) is 11.2. The van der Waals surface area contributed by atoms with E-state index in [1.54, 1.807) is 6.07 Å². The molecule has 0 radical (unpaired) electrons. The number of pyridine rings is 1. The minimum absolute atomic E-state index is 0.143. The minimum atomic E-state index is -0.803. The van der Waals surface area contributed by atoms with Gasteiger partial charge in [0.2, 0.25) is 0 Å². The quantitative estimate of drug-likeness (QED) is 0.647. The molecule has 1 aromatic heterocycles. The van der Waals surface area contributed by atoms with Crippen molar-refractivity contribution in [2.24, 2.45) is 5.73 Å². The molecule has 0 atom stereocenters. The molecule has 1 heterocycles. The van der Waals surface area contributed by atoms with E-state index in [1.807, 2.05) is 13.8 Å². The first-order valence-electron chi connectivity index (χ1n) is 6.15. The molecule has 1 aromatic rings. The molecule has 0 spiro atoms. The van der Waals surface area contributed by atoms with Crippen molar-refractivity contribution in [2.75, 3.05) is 11.9 Å². The number of unbranched alkanes of at least 4 members (excludes halogenated alkanes) is 1. The van der Waals surface area contributed by atoms with Crippen LogP contribution in [-0.2, 0) is 4.79 Å². The van der Waals surface area contributed by atoms with Gasteiger partial charge in [0, 0.05) is 18.7 Å². The summed E-state index contributed by atoms with van der Waals surface area (Å²) < 4.78 is 0. The molecule has 6 heteroatoms. The topological polar surface area (TPSA) is 105 Å². The zero-order valence-corrected chi connectivity index (χ0v) is 11.2. The number of hydrogen-bond acceptors (Lipinski definition) is 4. The minimum Gasteiger partial charge on any atom is -0.481 e. The number of nitrogens with one attached hydrogen (secondary N) is 1. The summed E-state index contributed by atoms with van der Waals surface area (Å²) in [5.41, 5.74) is 7.32. The third kappa shape index (κ3) is 4.57. The standard InChI is InChI=1S/C13H19N3O3/c1-8-7-9(2)16-13(11(8)12(14)19)15-6-4-3-5-10(17)18/h7H,3-6H2,1-2H3,(H2,14,19)(H,15,16)(H,17,18). The average Bonchev–Trinajstić information content (AvgIpc) is 2.26. The van der Waals surface area contributed by atoms with Gasteiger partial charge in [-0.15, -0.1) is 0 Å². The Morgan fingerprint density at radius 2 is 2.05 bits per heavy atom. The summed E-state index contributed by atoms with van der Waals surface area (Å²) in [6, 6.07) is 1.80. The molecule has 4 N–H and O–H groups in total. The summed E-state index contributed by atoms with van der Waals surface area (Å²) >= 11 is 0. The van der Waals surface area contributed by atoms with Gasteiger partial charge in [0.25, 0.3) is 5.91 Å². The highest BCUT2D eigenvalue weighted by Crippen LogP contribution is 2.18. The number of aryl methyl sites for hydroxylation is 2. The Morgan fingerprint density at radius 3 is 2.63 bits per heavy atom. The average molecular weight is 265 g/mol. The third-order valence-corrected chi connectivity index (χ3v) is 2.70. The molecule has 0 bridgehead atoms. The highest BCUT2D eigenvalue weighted by Gasteiger charge is 2.13. The molecule has 0 aromatic carbocycles. The van der Waals surface area contributed by atoms with Crippen molar-refractivity contribution in [3.8, 4) is 0 Å². The summed E-state index contributed by atoms with van der Waals surface area (Å²) in [7, 11) is 0. The molecule has 1 amide bonds. The molecule has 0 fully saturated rings. The lowest BCUT2D eigenvalue weighted by Gasteiger charge is -2.12. The number of aromatic nitrogens is 1. The van der Waals surface area contributed by atoms with Crippen LogP contribution in [0.15, 0.2) is 6.07 Å². The molecule has 0 aliphatic heterocycles. The van der Waals surface area contributed by atoms with E-state index >= 15 is 0 Å². The zero-order chi connectivity index (χ0) is 14.4. The number of rotatable bonds is 7. The Balaban J connectivity index is 2.67. The van der Waals surface area contributed by atoms with Crippen LogP contribution in [-0.4, -0.2) is 28.5 Å². The molecule has 0 unspecified atom stereocenters. The van der Waals surface area contributed by atoms with Gasteiger partial charge >= 0.3 is 5.97 Å². The van der Waals surface area contributed by atoms with Gasteiger partial charge in [0.05, 0.1) is 5.56 Å². The molecule has 6 nitrogen and oxygen atoms in total. The van der Waals surface area contributed by atoms with Crippen molar-refractivity contribution in [1.82, 2.24) is 4.98 Å². The summed E-state index contributed by atoms with van der Waals surface area (Å²) in [4.78, 5) is 26.0. The van der Waals surface area contributed by atoms with Crippen molar-refractivity contribution < 1.29 is 14.7 Å². The molecule has 104 valence electrons. The van der Waals surface area contributed by atoms with Gasteiger partial charge in [0.15, 0.2) is 0 Å². The van der Waals surface area contributed by atoms with Crippen LogP contribution >= 0.6 is 0 Å². The summed E-state index contributed by atoms with van der Waals surface area (Å²) in [6.45, 7) is 4.21. The second-order valence-corrected chi connectivity index (χ2v) is 4.45. The number of nitrogens with two attached hydrogens (primary N) is 1. The first-order chi connectivity index (χ1) is 8.91. The predicted octanol–water partition coefficient (Wildman–Crippen LogP) is 1.46. The maximum atomic E-state index is 11.4. The van der Waals surface area contributed by atoms with Crippen molar-refractivity contribution in [1.29, 1.82) is 0 Å². The van der Waals surface area contributed by atoms with E-state index < -0.39 is 11.9 Å². The maximum Gasteiger partial charge on any atom is 0.303 e. The van der Waals surface area contributed by atoms with Crippen molar-refractivity contribution in [2.45, 2.75) is 33.1 Å². The fourth-order valence-corrected chi connectivity index (χ4v) is 1.88. The Bertz CT molecular complexity index is 486. The molecule has 0 aliphatic rings. The molecular formula is C13H19N3O3. The van der Waals surface area contributed by atoms with Crippen LogP contribution in [0.4, 0.5) is 5.82 Å². The number of carbonyl (C=O) groups is 2.